The maximum absolute atomic E-state index is 13.0. The standard InChI is InChI=1S/C16H18FN3O3/c1-10-14(11(2)23-20-10)8-18-16(22)9-19-15(21)7-12-4-3-5-13(17)6-12/h3-6H,7-9H2,1-2H3,(H,18,22)(H,19,21). The lowest BCUT2D eigenvalue weighted by Gasteiger charge is -2.07. The summed E-state index contributed by atoms with van der Waals surface area (Å²) in [5.41, 5.74) is 2.10. The second kappa shape index (κ2) is 7.53. The second-order valence-corrected chi connectivity index (χ2v) is 5.16. The molecule has 122 valence electrons. The molecule has 0 aliphatic heterocycles. The monoisotopic (exact) mass is 319 g/mol. The van der Waals surface area contributed by atoms with Gasteiger partial charge in [-0.2, -0.15) is 0 Å². The van der Waals surface area contributed by atoms with Crippen molar-refractivity contribution in [1.29, 1.82) is 0 Å². The molecule has 1 aromatic heterocycles. The first-order valence-corrected chi connectivity index (χ1v) is 7.15. The zero-order valence-corrected chi connectivity index (χ0v) is 13.0. The molecule has 0 unspecified atom stereocenters. The largest absolute Gasteiger partial charge is 0.361 e. The van der Waals surface area contributed by atoms with Crippen LogP contribution in [-0.2, 0) is 22.6 Å². The van der Waals surface area contributed by atoms with E-state index < -0.39 is 5.82 Å². The van der Waals surface area contributed by atoms with Crippen LogP contribution in [0.3, 0.4) is 0 Å². The van der Waals surface area contributed by atoms with Crippen LogP contribution in [0, 0.1) is 19.7 Å². The van der Waals surface area contributed by atoms with Crippen LogP contribution in [0.4, 0.5) is 4.39 Å². The molecule has 2 rings (SSSR count). The fourth-order valence-electron chi connectivity index (χ4n) is 2.08. The molecule has 6 nitrogen and oxygen atoms in total. The molecule has 0 aliphatic rings. The number of nitrogens with one attached hydrogen (secondary N) is 2. The van der Waals surface area contributed by atoms with Gasteiger partial charge in [-0.25, -0.2) is 4.39 Å². The van der Waals surface area contributed by atoms with E-state index in [1.165, 1.54) is 18.2 Å². The van der Waals surface area contributed by atoms with Crippen LogP contribution in [0.5, 0.6) is 0 Å². The highest BCUT2D eigenvalue weighted by atomic mass is 19.1. The smallest absolute Gasteiger partial charge is 0.239 e. The molecule has 2 N–H and O–H groups in total. The average Bonchev–Trinajstić information content (AvgIpc) is 2.82. The van der Waals surface area contributed by atoms with E-state index >= 15 is 0 Å². The number of aryl methyl sites for hydroxylation is 2. The molecule has 2 amide bonds. The Morgan fingerprint density at radius 3 is 2.65 bits per heavy atom. The molecule has 0 atom stereocenters. The number of halogens is 1. The van der Waals surface area contributed by atoms with Gasteiger partial charge >= 0.3 is 0 Å². The first-order valence-electron chi connectivity index (χ1n) is 7.15. The fraction of sp³-hybridized carbons (Fsp3) is 0.312. The van der Waals surface area contributed by atoms with Gasteiger partial charge in [-0.1, -0.05) is 17.3 Å². The Balaban J connectivity index is 1.75. The molecule has 0 radical (unpaired) electrons. The summed E-state index contributed by atoms with van der Waals surface area (Å²) in [4.78, 5) is 23.5. The highest BCUT2D eigenvalue weighted by Crippen LogP contribution is 2.11. The van der Waals surface area contributed by atoms with Gasteiger partial charge in [0.25, 0.3) is 0 Å². The van der Waals surface area contributed by atoms with Crippen LogP contribution in [0.1, 0.15) is 22.6 Å². The number of nitrogens with zero attached hydrogens (tertiary/aromatic N) is 1. The van der Waals surface area contributed by atoms with Crippen LogP contribution in [0.2, 0.25) is 0 Å². The van der Waals surface area contributed by atoms with Crippen LogP contribution in [0.15, 0.2) is 28.8 Å². The van der Waals surface area contributed by atoms with E-state index in [-0.39, 0.29) is 24.8 Å². The van der Waals surface area contributed by atoms with E-state index in [0.29, 0.717) is 17.9 Å². The minimum absolute atomic E-state index is 0.0227. The predicted molar refractivity (Wildman–Crippen MR) is 80.9 cm³/mol. The number of benzene rings is 1. The van der Waals surface area contributed by atoms with Crippen LogP contribution >= 0.6 is 0 Å². The molecule has 7 heteroatoms. The molecule has 0 aliphatic carbocycles. The van der Waals surface area contributed by atoms with Crippen LogP contribution in [-0.4, -0.2) is 23.5 Å². The fourth-order valence-corrected chi connectivity index (χ4v) is 2.08. The number of amides is 2. The van der Waals surface area contributed by atoms with E-state index in [1.54, 1.807) is 19.9 Å². The summed E-state index contributed by atoms with van der Waals surface area (Å²) >= 11 is 0. The Morgan fingerprint density at radius 2 is 2.00 bits per heavy atom. The van der Waals surface area contributed by atoms with E-state index in [1.807, 2.05) is 0 Å². The van der Waals surface area contributed by atoms with Crippen molar-refractivity contribution in [2.75, 3.05) is 6.54 Å². The van der Waals surface area contributed by atoms with E-state index in [4.69, 9.17) is 4.52 Å². The van der Waals surface area contributed by atoms with Gasteiger partial charge in [-0.15, -0.1) is 0 Å². The highest BCUT2D eigenvalue weighted by Gasteiger charge is 2.11. The van der Waals surface area contributed by atoms with Gasteiger partial charge in [-0.3, -0.25) is 9.59 Å². The van der Waals surface area contributed by atoms with Crippen molar-refractivity contribution in [1.82, 2.24) is 15.8 Å². The Kier molecular flexibility index (Phi) is 5.46. The van der Waals surface area contributed by atoms with Crippen molar-refractivity contribution in [2.24, 2.45) is 0 Å². The Hall–Kier alpha value is -2.70. The molecule has 23 heavy (non-hydrogen) atoms. The van der Waals surface area contributed by atoms with Crippen molar-refractivity contribution >= 4 is 11.8 Å². The van der Waals surface area contributed by atoms with Crippen LogP contribution in [0.25, 0.3) is 0 Å². The zero-order valence-electron chi connectivity index (χ0n) is 13.0. The van der Waals surface area contributed by atoms with E-state index in [0.717, 1.165) is 11.3 Å². The number of hydrogen-bond acceptors (Lipinski definition) is 4. The molecule has 0 saturated heterocycles. The lowest BCUT2D eigenvalue weighted by molar-refractivity contribution is -0.125. The van der Waals surface area contributed by atoms with E-state index in [9.17, 15) is 14.0 Å². The molecule has 1 heterocycles. The quantitative estimate of drug-likeness (QED) is 0.843. The minimum Gasteiger partial charge on any atom is -0.361 e. The molecule has 0 fully saturated rings. The summed E-state index contributed by atoms with van der Waals surface area (Å²) in [5.74, 6) is -0.411. The van der Waals surface area contributed by atoms with Gasteiger partial charge in [-0.05, 0) is 31.5 Å². The third-order valence-corrected chi connectivity index (χ3v) is 3.34. The average molecular weight is 319 g/mol. The Labute approximate surface area is 133 Å². The third kappa shape index (κ3) is 4.91. The second-order valence-electron chi connectivity index (χ2n) is 5.16. The van der Waals surface area contributed by atoms with Crippen LogP contribution < -0.4 is 10.6 Å². The topological polar surface area (TPSA) is 84.2 Å². The number of aromatic nitrogens is 1. The van der Waals surface area contributed by atoms with Gasteiger partial charge < -0.3 is 15.2 Å². The molecule has 1 aromatic carbocycles. The SMILES string of the molecule is Cc1noc(C)c1CNC(=O)CNC(=O)Cc1cccc(F)c1. The summed E-state index contributed by atoms with van der Waals surface area (Å²) < 4.78 is 18.0. The van der Waals surface area contributed by atoms with Crippen molar-refractivity contribution in [3.8, 4) is 0 Å². The first kappa shape index (κ1) is 16.7. The van der Waals surface area contributed by atoms with Gasteiger partial charge in [0.1, 0.15) is 11.6 Å². The van der Waals surface area contributed by atoms with Gasteiger partial charge in [0, 0.05) is 12.1 Å². The van der Waals surface area contributed by atoms with Gasteiger partial charge in [0.05, 0.1) is 18.7 Å². The Bertz CT molecular complexity index is 693. The van der Waals surface area contributed by atoms with Crippen molar-refractivity contribution in [2.45, 2.75) is 26.8 Å². The number of rotatable bonds is 6. The van der Waals surface area contributed by atoms with Crippen molar-refractivity contribution in [3.63, 3.8) is 0 Å². The summed E-state index contributed by atoms with van der Waals surface area (Å²) in [6.07, 6.45) is 0.0227. The summed E-state index contributed by atoms with van der Waals surface area (Å²) in [7, 11) is 0. The van der Waals surface area contributed by atoms with Gasteiger partial charge in [0.2, 0.25) is 11.8 Å². The molecular formula is C16H18FN3O3. The van der Waals surface area contributed by atoms with Crippen molar-refractivity contribution < 1.29 is 18.5 Å². The lowest BCUT2D eigenvalue weighted by atomic mass is 10.1. The summed E-state index contributed by atoms with van der Waals surface area (Å²) in [5, 5.41) is 8.97. The number of carbonyl (C=O) groups is 2. The van der Waals surface area contributed by atoms with Gasteiger partial charge in [0.15, 0.2) is 0 Å². The number of carbonyl (C=O) groups excluding carboxylic acids is 2. The summed E-state index contributed by atoms with van der Waals surface area (Å²) in [6.45, 7) is 3.71. The summed E-state index contributed by atoms with van der Waals surface area (Å²) in [6, 6.07) is 5.79. The predicted octanol–water partition coefficient (Wildman–Crippen LogP) is 1.41. The molecule has 0 spiro atoms. The first-order chi connectivity index (χ1) is 11.0. The Morgan fingerprint density at radius 1 is 1.22 bits per heavy atom. The van der Waals surface area contributed by atoms with E-state index in [2.05, 4.69) is 15.8 Å². The lowest BCUT2D eigenvalue weighted by Crippen LogP contribution is -2.37. The maximum atomic E-state index is 13.0. The molecule has 0 bridgehead atoms. The molecular weight excluding hydrogens is 301 g/mol. The third-order valence-electron chi connectivity index (χ3n) is 3.34. The van der Waals surface area contributed by atoms with Crippen molar-refractivity contribution in [3.05, 3.63) is 52.7 Å². The molecule has 2 aromatic rings. The maximum Gasteiger partial charge on any atom is 0.239 e. The normalized spacial score (nSPS) is 10.4. The highest BCUT2D eigenvalue weighted by molar-refractivity contribution is 5.85. The zero-order chi connectivity index (χ0) is 16.8. The molecule has 0 saturated carbocycles. The number of hydrogen-bond donors (Lipinski definition) is 2. The minimum atomic E-state index is -0.396.